The Hall–Kier alpha value is -4.26. The SMILES string of the molecule is CCN(CC)c1ccc(C2/C(=C(/O)c3ccc(OC(C)C)c(C)c3)C(=O)C(=O)N2c2ccc(OC)cc2)cc1. The second-order valence-corrected chi connectivity index (χ2v) is 9.78. The molecule has 1 saturated heterocycles. The number of benzene rings is 3. The fraction of sp³-hybridized carbons (Fsp3) is 0.312. The highest BCUT2D eigenvalue weighted by Crippen LogP contribution is 2.43. The summed E-state index contributed by atoms with van der Waals surface area (Å²) in [5, 5.41) is 11.5. The normalized spacial score (nSPS) is 16.6. The fourth-order valence-electron chi connectivity index (χ4n) is 4.95. The second-order valence-electron chi connectivity index (χ2n) is 9.78. The number of amides is 1. The molecule has 1 amide bonds. The molecule has 1 atom stereocenters. The van der Waals surface area contributed by atoms with Crippen molar-refractivity contribution in [2.75, 3.05) is 30.0 Å². The summed E-state index contributed by atoms with van der Waals surface area (Å²) in [6.07, 6.45) is -0.00252. The Morgan fingerprint density at radius 3 is 2.15 bits per heavy atom. The van der Waals surface area contributed by atoms with Gasteiger partial charge < -0.3 is 19.5 Å². The number of ether oxygens (including phenoxy) is 2. The number of ketones is 1. The molecule has 1 unspecified atom stereocenters. The van der Waals surface area contributed by atoms with Crippen molar-refractivity contribution in [3.63, 3.8) is 0 Å². The third-order valence-electron chi connectivity index (χ3n) is 6.94. The van der Waals surface area contributed by atoms with Gasteiger partial charge in [-0.1, -0.05) is 12.1 Å². The molecule has 0 aromatic heterocycles. The van der Waals surface area contributed by atoms with Gasteiger partial charge in [-0.15, -0.1) is 0 Å². The Morgan fingerprint density at radius 2 is 1.62 bits per heavy atom. The molecule has 0 bridgehead atoms. The molecule has 1 heterocycles. The van der Waals surface area contributed by atoms with Crippen LogP contribution in [0.4, 0.5) is 11.4 Å². The van der Waals surface area contributed by atoms with Crippen molar-refractivity contribution < 1.29 is 24.2 Å². The van der Waals surface area contributed by atoms with E-state index >= 15 is 0 Å². The van der Waals surface area contributed by atoms with Gasteiger partial charge >= 0.3 is 0 Å². The molecular weight excluding hydrogens is 492 g/mol. The highest BCUT2D eigenvalue weighted by Gasteiger charge is 2.47. The minimum Gasteiger partial charge on any atom is -0.507 e. The van der Waals surface area contributed by atoms with Gasteiger partial charge in [0.15, 0.2) is 0 Å². The number of aliphatic hydroxyl groups excluding tert-OH is 1. The van der Waals surface area contributed by atoms with Gasteiger partial charge in [-0.05, 0) is 100 Å². The number of hydrogen-bond acceptors (Lipinski definition) is 6. The smallest absolute Gasteiger partial charge is 0.300 e. The first-order valence-corrected chi connectivity index (χ1v) is 13.3. The number of Topliss-reactive ketones (excluding diaryl/α,β-unsaturated/α-hetero) is 1. The lowest BCUT2D eigenvalue weighted by Crippen LogP contribution is -2.29. The number of hydrogen-bond donors (Lipinski definition) is 1. The van der Waals surface area contributed by atoms with Gasteiger partial charge in [0.05, 0.1) is 24.8 Å². The Labute approximate surface area is 230 Å². The van der Waals surface area contributed by atoms with Crippen LogP contribution in [0.5, 0.6) is 11.5 Å². The van der Waals surface area contributed by atoms with E-state index in [1.165, 1.54) is 4.90 Å². The second kappa shape index (κ2) is 11.6. The molecule has 4 rings (SSSR count). The number of anilines is 2. The van der Waals surface area contributed by atoms with Crippen LogP contribution in [-0.2, 0) is 9.59 Å². The van der Waals surface area contributed by atoms with Gasteiger partial charge in [0, 0.05) is 30.0 Å². The summed E-state index contributed by atoms with van der Waals surface area (Å²) in [5.41, 5.74) is 3.61. The van der Waals surface area contributed by atoms with Crippen molar-refractivity contribution in [2.45, 2.75) is 46.8 Å². The number of carbonyl (C=O) groups excluding carboxylic acids is 2. The first-order chi connectivity index (χ1) is 18.7. The van der Waals surface area contributed by atoms with Crippen molar-refractivity contribution in [3.8, 4) is 11.5 Å². The van der Waals surface area contributed by atoms with E-state index in [0.29, 0.717) is 22.7 Å². The molecule has 0 saturated carbocycles. The van der Waals surface area contributed by atoms with E-state index in [9.17, 15) is 14.7 Å². The van der Waals surface area contributed by atoms with E-state index in [1.54, 1.807) is 49.6 Å². The number of carbonyl (C=O) groups is 2. The van der Waals surface area contributed by atoms with Gasteiger partial charge in [-0.25, -0.2) is 0 Å². The molecule has 3 aromatic carbocycles. The monoisotopic (exact) mass is 528 g/mol. The van der Waals surface area contributed by atoms with Crippen LogP contribution in [0.25, 0.3) is 5.76 Å². The third-order valence-corrected chi connectivity index (χ3v) is 6.94. The molecule has 7 heteroatoms. The van der Waals surface area contributed by atoms with Crippen LogP contribution in [0.3, 0.4) is 0 Å². The Kier molecular flexibility index (Phi) is 8.29. The zero-order valence-electron chi connectivity index (χ0n) is 23.4. The van der Waals surface area contributed by atoms with Gasteiger partial charge in [0.2, 0.25) is 0 Å². The molecule has 3 aromatic rings. The molecular formula is C32H36N2O5. The molecule has 7 nitrogen and oxygen atoms in total. The maximum Gasteiger partial charge on any atom is 0.300 e. The molecule has 0 radical (unpaired) electrons. The zero-order chi connectivity index (χ0) is 28.3. The van der Waals surface area contributed by atoms with Crippen LogP contribution in [0.1, 0.15) is 50.4 Å². The van der Waals surface area contributed by atoms with E-state index in [4.69, 9.17) is 9.47 Å². The van der Waals surface area contributed by atoms with Crippen molar-refractivity contribution in [1.82, 2.24) is 0 Å². The summed E-state index contributed by atoms with van der Waals surface area (Å²) in [5.74, 6) is -0.322. The van der Waals surface area contributed by atoms with Crippen LogP contribution >= 0.6 is 0 Å². The summed E-state index contributed by atoms with van der Waals surface area (Å²) in [4.78, 5) is 30.6. The van der Waals surface area contributed by atoms with E-state index < -0.39 is 17.7 Å². The molecule has 1 aliphatic rings. The number of aryl methyl sites for hydroxylation is 1. The zero-order valence-corrected chi connectivity index (χ0v) is 23.4. The van der Waals surface area contributed by atoms with Crippen LogP contribution in [0.15, 0.2) is 72.3 Å². The van der Waals surface area contributed by atoms with Crippen molar-refractivity contribution in [3.05, 3.63) is 89.0 Å². The largest absolute Gasteiger partial charge is 0.507 e. The molecule has 0 spiro atoms. The van der Waals surface area contributed by atoms with Gasteiger partial charge in [-0.2, -0.15) is 0 Å². The molecule has 1 fully saturated rings. The van der Waals surface area contributed by atoms with E-state index in [2.05, 4.69) is 18.7 Å². The Balaban J connectivity index is 1.86. The number of rotatable bonds is 9. The number of methoxy groups -OCH3 is 1. The van der Waals surface area contributed by atoms with E-state index in [0.717, 1.165) is 29.9 Å². The lowest BCUT2D eigenvalue weighted by atomic mass is 9.94. The molecule has 39 heavy (non-hydrogen) atoms. The highest BCUT2D eigenvalue weighted by atomic mass is 16.5. The lowest BCUT2D eigenvalue weighted by Gasteiger charge is -2.27. The summed E-state index contributed by atoms with van der Waals surface area (Å²) in [6.45, 7) is 11.7. The van der Waals surface area contributed by atoms with Gasteiger partial charge in [-0.3, -0.25) is 14.5 Å². The van der Waals surface area contributed by atoms with Crippen LogP contribution in [0, 0.1) is 6.92 Å². The van der Waals surface area contributed by atoms with Crippen molar-refractivity contribution in [1.29, 1.82) is 0 Å². The number of nitrogens with zero attached hydrogens (tertiary/aromatic N) is 2. The average molecular weight is 529 g/mol. The predicted molar refractivity (Wildman–Crippen MR) is 155 cm³/mol. The van der Waals surface area contributed by atoms with Crippen LogP contribution < -0.4 is 19.3 Å². The van der Waals surface area contributed by atoms with Gasteiger partial charge in [0.25, 0.3) is 11.7 Å². The minimum atomic E-state index is -0.809. The Bertz CT molecular complexity index is 1370. The number of aliphatic hydroxyl groups is 1. The molecule has 1 aliphatic heterocycles. The first-order valence-electron chi connectivity index (χ1n) is 13.3. The van der Waals surface area contributed by atoms with E-state index in [-0.39, 0.29) is 17.4 Å². The third kappa shape index (κ3) is 5.48. The highest BCUT2D eigenvalue weighted by molar-refractivity contribution is 6.51. The predicted octanol–water partition coefficient (Wildman–Crippen LogP) is 6.26. The molecule has 1 N–H and O–H groups in total. The summed E-state index contributed by atoms with van der Waals surface area (Å²) in [7, 11) is 1.57. The van der Waals surface area contributed by atoms with Crippen molar-refractivity contribution in [2.24, 2.45) is 0 Å². The van der Waals surface area contributed by atoms with Crippen LogP contribution in [0.2, 0.25) is 0 Å². The average Bonchev–Trinajstić information content (AvgIpc) is 3.20. The van der Waals surface area contributed by atoms with Gasteiger partial charge in [0.1, 0.15) is 17.3 Å². The molecule has 0 aliphatic carbocycles. The van der Waals surface area contributed by atoms with Crippen molar-refractivity contribution >= 4 is 28.8 Å². The summed E-state index contributed by atoms with van der Waals surface area (Å²) >= 11 is 0. The Morgan fingerprint density at radius 1 is 0.974 bits per heavy atom. The molecule has 204 valence electrons. The van der Waals surface area contributed by atoms with E-state index in [1.807, 2.05) is 45.0 Å². The topological polar surface area (TPSA) is 79.3 Å². The summed E-state index contributed by atoms with van der Waals surface area (Å²) in [6, 6.07) is 19.2. The maximum atomic E-state index is 13.5. The van der Waals surface area contributed by atoms with Crippen LogP contribution in [-0.4, -0.2) is 43.1 Å². The standard InChI is InChI=1S/C32H36N2O5/c1-7-33(8-2)24-12-9-22(10-13-24)29-28(30(35)23-11-18-27(21(5)19-23)39-20(3)4)31(36)32(37)34(29)25-14-16-26(38-6)17-15-25/h9-20,29,35H,7-8H2,1-6H3/b30-28-. The lowest BCUT2D eigenvalue weighted by molar-refractivity contribution is -0.132. The summed E-state index contributed by atoms with van der Waals surface area (Å²) < 4.78 is 11.1. The first kappa shape index (κ1) is 27.8. The quantitative estimate of drug-likeness (QED) is 0.201. The minimum absolute atomic E-state index is 0.00252. The fourth-order valence-corrected chi connectivity index (χ4v) is 4.95. The maximum absolute atomic E-state index is 13.5.